The SMILES string of the molecule is CSC1CCC(NC(=O)NCC(O)c2ccco2)C1. The number of aliphatic hydroxyl groups is 1. The highest BCUT2D eigenvalue weighted by atomic mass is 32.2. The van der Waals surface area contributed by atoms with Gasteiger partial charge in [-0.25, -0.2) is 4.79 Å². The third-order valence-corrected chi connectivity index (χ3v) is 4.48. The fourth-order valence-electron chi connectivity index (χ4n) is 2.29. The average molecular weight is 284 g/mol. The molecule has 19 heavy (non-hydrogen) atoms. The first-order valence-electron chi connectivity index (χ1n) is 6.47. The van der Waals surface area contributed by atoms with Gasteiger partial charge in [-0.05, 0) is 37.7 Å². The molecule has 1 fully saturated rings. The standard InChI is InChI=1S/C13H20N2O3S/c1-19-10-5-4-9(7-10)15-13(17)14-8-11(16)12-3-2-6-18-12/h2-3,6,9-11,16H,4-5,7-8H2,1H3,(H2,14,15,17). The van der Waals surface area contributed by atoms with E-state index in [1.807, 2.05) is 11.8 Å². The lowest BCUT2D eigenvalue weighted by atomic mass is 10.2. The topological polar surface area (TPSA) is 74.5 Å². The summed E-state index contributed by atoms with van der Waals surface area (Å²) in [7, 11) is 0. The normalized spacial score (nSPS) is 24.1. The third kappa shape index (κ3) is 4.18. The van der Waals surface area contributed by atoms with Gasteiger partial charge in [-0.1, -0.05) is 0 Å². The number of carbonyl (C=O) groups is 1. The average Bonchev–Trinajstić information content (AvgIpc) is 3.06. The van der Waals surface area contributed by atoms with Gasteiger partial charge in [-0.3, -0.25) is 0 Å². The molecular weight excluding hydrogens is 264 g/mol. The quantitative estimate of drug-likeness (QED) is 0.772. The van der Waals surface area contributed by atoms with Crippen LogP contribution in [0.4, 0.5) is 4.79 Å². The zero-order chi connectivity index (χ0) is 13.7. The molecule has 0 aromatic carbocycles. The minimum Gasteiger partial charge on any atom is -0.467 e. The van der Waals surface area contributed by atoms with Crippen molar-refractivity contribution in [1.82, 2.24) is 10.6 Å². The van der Waals surface area contributed by atoms with Gasteiger partial charge >= 0.3 is 6.03 Å². The van der Waals surface area contributed by atoms with E-state index in [2.05, 4.69) is 16.9 Å². The van der Waals surface area contributed by atoms with Gasteiger partial charge in [0.1, 0.15) is 11.9 Å². The minimum atomic E-state index is -0.803. The van der Waals surface area contributed by atoms with Gasteiger partial charge in [-0.15, -0.1) is 0 Å². The molecule has 6 heteroatoms. The Morgan fingerprint density at radius 1 is 1.63 bits per heavy atom. The molecule has 1 aromatic rings. The predicted octanol–water partition coefficient (Wildman–Crippen LogP) is 1.90. The molecule has 3 atom stereocenters. The van der Waals surface area contributed by atoms with E-state index >= 15 is 0 Å². The molecule has 0 saturated heterocycles. The Kier molecular flexibility index (Phi) is 5.15. The monoisotopic (exact) mass is 284 g/mol. The molecule has 2 rings (SSSR count). The molecule has 1 aliphatic carbocycles. The number of hydrogen-bond acceptors (Lipinski definition) is 4. The first-order chi connectivity index (χ1) is 9.19. The van der Waals surface area contributed by atoms with Gasteiger partial charge in [0.2, 0.25) is 0 Å². The van der Waals surface area contributed by atoms with Crippen molar-refractivity contribution in [1.29, 1.82) is 0 Å². The molecule has 5 nitrogen and oxygen atoms in total. The van der Waals surface area contributed by atoms with Crippen LogP contribution < -0.4 is 10.6 Å². The second-order valence-corrected chi connectivity index (χ2v) is 5.89. The maximum Gasteiger partial charge on any atom is 0.315 e. The predicted molar refractivity (Wildman–Crippen MR) is 75.1 cm³/mol. The fourth-order valence-corrected chi connectivity index (χ4v) is 3.09. The number of hydrogen-bond donors (Lipinski definition) is 3. The van der Waals surface area contributed by atoms with Gasteiger partial charge in [0.05, 0.1) is 12.8 Å². The van der Waals surface area contributed by atoms with Crippen molar-refractivity contribution in [2.45, 2.75) is 36.7 Å². The highest BCUT2D eigenvalue weighted by molar-refractivity contribution is 7.99. The summed E-state index contributed by atoms with van der Waals surface area (Å²) >= 11 is 1.86. The number of thioether (sulfide) groups is 1. The highest BCUT2D eigenvalue weighted by Gasteiger charge is 2.25. The van der Waals surface area contributed by atoms with Crippen LogP contribution in [0.5, 0.6) is 0 Å². The van der Waals surface area contributed by atoms with Crippen LogP contribution in [0.25, 0.3) is 0 Å². The van der Waals surface area contributed by atoms with E-state index in [1.165, 1.54) is 6.26 Å². The van der Waals surface area contributed by atoms with Crippen LogP contribution in [-0.4, -0.2) is 35.2 Å². The van der Waals surface area contributed by atoms with Crippen molar-refractivity contribution in [3.05, 3.63) is 24.2 Å². The number of carbonyl (C=O) groups excluding carboxylic acids is 1. The Morgan fingerprint density at radius 2 is 2.47 bits per heavy atom. The summed E-state index contributed by atoms with van der Waals surface area (Å²) < 4.78 is 5.07. The molecule has 106 valence electrons. The molecule has 1 saturated carbocycles. The Morgan fingerprint density at radius 3 is 3.11 bits per heavy atom. The van der Waals surface area contributed by atoms with E-state index < -0.39 is 6.10 Å². The zero-order valence-electron chi connectivity index (χ0n) is 11.0. The molecule has 0 aliphatic heterocycles. The molecule has 3 unspecified atom stereocenters. The second kappa shape index (κ2) is 6.86. The van der Waals surface area contributed by atoms with E-state index in [4.69, 9.17) is 4.42 Å². The molecule has 1 heterocycles. The van der Waals surface area contributed by atoms with Gasteiger partial charge in [0, 0.05) is 11.3 Å². The largest absolute Gasteiger partial charge is 0.467 e. The third-order valence-electron chi connectivity index (χ3n) is 3.38. The maximum absolute atomic E-state index is 11.7. The van der Waals surface area contributed by atoms with E-state index in [9.17, 15) is 9.90 Å². The summed E-state index contributed by atoms with van der Waals surface area (Å²) in [6.07, 6.45) is 6.01. The molecule has 0 radical (unpaired) electrons. The van der Waals surface area contributed by atoms with Crippen molar-refractivity contribution in [3.63, 3.8) is 0 Å². The lowest BCUT2D eigenvalue weighted by Gasteiger charge is -2.15. The van der Waals surface area contributed by atoms with Crippen LogP contribution >= 0.6 is 11.8 Å². The molecule has 1 aromatic heterocycles. The number of rotatable bonds is 5. The van der Waals surface area contributed by atoms with E-state index in [1.54, 1.807) is 12.1 Å². The van der Waals surface area contributed by atoms with Crippen molar-refractivity contribution in [2.24, 2.45) is 0 Å². The van der Waals surface area contributed by atoms with E-state index in [-0.39, 0.29) is 18.6 Å². The van der Waals surface area contributed by atoms with Crippen LogP contribution in [-0.2, 0) is 0 Å². The maximum atomic E-state index is 11.7. The van der Waals surface area contributed by atoms with Crippen molar-refractivity contribution >= 4 is 17.8 Å². The van der Waals surface area contributed by atoms with Crippen molar-refractivity contribution < 1.29 is 14.3 Å². The summed E-state index contributed by atoms with van der Waals surface area (Å²) in [4.78, 5) is 11.7. The molecule has 2 amide bonds. The summed E-state index contributed by atoms with van der Waals surface area (Å²) in [6.45, 7) is 0.151. The van der Waals surface area contributed by atoms with Crippen LogP contribution in [0, 0.1) is 0 Å². The Hall–Kier alpha value is -1.14. The van der Waals surface area contributed by atoms with Crippen LogP contribution in [0.1, 0.15) is 31.1 Å². The smallest absolute Gasteiger partial charge is 0.315 e. The Bertz CT molecular complexity index is 397. The van der Waals surface area contributed by atoms with E-state index in [0.29, 0.717) is 11.0 Å². The first kappa shape index (κ1) is 14.3. The summed E-state index contributed by atoms with van der Waals surface area (Å²) in [6, 6.07) is 3.42. The lowest BCUT2D eigenvalue weighted by molar-refractivity contribution is 0.147. The van der Waals surface area contributed by atoms with Gasteiger partial charge in [0.25, 0.3) is 0 Å². The number of nitrogens with one attached hydrogen (secondary N) is 2. The summed E-state index contributed by atoms with van der Waals surface area (Å²) in [5.41, 5.74) is 0. The Labute approximate surface area is 117 Å². The number of amides is 2. The van der Waals surface area contributed by atoms with Gasteiger partial charge in [0.15, 0.2) is 0 Å². The van der Waals surface area contributed by atoms with Crippen LogP contribution in [0.2, 0.25) is 0 Å². The fraction of sp³-hybridized carbons (Fsp3) is 0.615. The summed E-state index contributed by atoms with van der Waals surface area (Å²) in [5.74, 6) is 0.462. The molecule has 1 aliphatic rings. The highest BCUT2D eigenvalue weighted by Crippen LogP contribution is 2.27. The zero-order valence-corrected chi connectivity index (χ0v) is 11.8. The molecular formula is C13H20N2O3S. The first-order valence-corrected chi connectivity index (χ1v) is 7.76. The number of furan rings is 1. The summed E-state index contributed by atoms with van der Waals surface area (Å²) in [5, 5.41) is 16.0. The van der Waals surface area contributed by atoms with E-state index in [0.717, 1.165) is 19.3 Å². The molecule has 3 N–H and O–H groups in total. The van der Waals surface area contributed by atoms with Crippen LogP contribution in [0.3, 0.4) is 0 Å². The minimum absolute atomic E-state index is 0.151. The molecule has 0 spiro atoms. The Balaban J connectivity index is 1.67. The van der Waals surface area contributed by atoms with Crippen molar-refractivity contribution in [2.75, 3.05) is 12.8 Å². The lowest BCUT2D eigenvalue weighted by Crippen LogP contribution is -2.42. The number of urea groups is 1. The van der Waals surface area contributed by atoms with Gasteiger partial charge < -0.3 is 20.2 Å². The second-order valence-electron chi connectivity index (χ2n) is 4.75. The number of aliphatic hydroxyl groups excluding tert-OH is 1. The van der Waals surface area contributed by atoms with Crippen LogP contribution in [0.15, 0.2) is 22.8 Å². The van der Waals surface area contributed by atoms with Crippen molar-refractivity contribution in [3.8, 4) is 0 Å². The van der Waals surface area contributed by atoms with Gasteiger partial charge in [-0.2, -0.15) is 11.8 Å². The molecule has 0 bridgehead atoms.